The summed E-state index contributed by atoms with van der Waals surface area (Å²) in [6.07, 6.45) is 1.06. The van der Waals surface area contributed by atoms with Gasteiger partial charge in [-0.15, -0.1) is 0 Å². The van der Waals surface area contributed by atoms with Gasteiger partial charge in [0.2, 0.25) is 0 Å². The second kappa shape index (κ2) is 6.99. The molecular formula is C14H21O4P. The second-order valence-electron chi connectivity index (χ2n) is 4.09. The minimum atomic E-state index is -3.55. The fraction of sp³-hybridized carbons (Fsp3) is 0.500. The van der Waals surface area contributed by atoms with Crippen molar-refractivity contribution in [1.82, 2.24) is 0 Å². The van der Waals surface area contributed by atoms with Crippen LogP contribution in [0.1, 0.15) is 32.8 Å². The highest BCUT2D eigenvalue weighted by atomic mass is 31.2. The fourth-order valence-electron chi connectivity index (χ4n) is 2.11. The van der Waals surface area contributed by atoms with Crippen LogP contribution in [-0.4, -0.2) is 19.5 Å². The van der Waals surface area contributed by atoms with Gasteiger partial charge in [-0.1, -0.05) is 37.3 Å². The van der Waals surface area contributed by atoms with Crippen molar-refractivity contribution in [3.8, 4) is 0 Å². The summed E-state index contributed by atoms with van der Waals surface area (Å²) in [5.74, 6) is 0. The number of hydrogen-bond acceptors (Lipinski definition) is 4. The smallest absolute Gasteiger partial charge is 0.308 e. The lowest BCUT2D eigenvalue weighted by Gasteiger charge is -2.34. The summed E-state index contributed by atoms with van der Waals surface area (Å²) in [6.45, 7) is 5.76. The van der Waals surface area contributed by atoms with Gasteiger partial charge in [0.1, 0.15) is 6.29 Å². The highest BCUT2D eigenvalue weighted by molar-refractivity contribution is 7.56. The summed E-state index contributed by atoms with van der Waals surface area (Å²) in [5, 5.41) is -1.24. The van der Waals surface area contributed by atoms with Crippen molar-refractivity contribution >= 4 is 13.9 Å². The van der Waals surface area contributed by atoms with Crippen LogP contribution in [0.3, 0.4) is 0 Å². The van der Waals surface area contributed by atoms with E-state index in [2.05, 4.69) is 0 Å². The molecule has 1 aromatic carbocycles. The number of carbonyl (C=O) groups excluding carboxylic acids is 1. The quantitative estimate of drug-likeness (QED) is 0.539. The molecule has 0 fully saturated rings. The Morgan fingerprint density at radius 1 is 1.11 bits per heavy atom. The molecule has 19 heavy (non-hydrogen) atoms. The summed E-state index contributed by atoms with van der Waals surface area (Å²) in [6, 6.07) is 9.03. The van der Waals surface area contributed by atoms with E-state index < -0.39 is 12.8 Å². The van der Waals surface area contributed by atoms with E-state index in [-0.39, 0.29) is 13.2 Å². The van der Waals surface area contributed by atoms with E-state index in [4.69, 9.17) is 9.05 Å². The van der Waals surface area contributed by atoms with Crippen LogP contribution in [-0.2, 0) is 23.6 Å². The average Bonchev–Trinajstić information content (AvgIpc) is 2.42. The van der Waals surface area contributed by atoms with Crippen molar-refractivity contribution in [3.63, 3.8) is 0 Å². The van der Waals surface area contributed by atoms with Crippen molar-refractivity contribution in [2.45, 2.75) is 32.3 Å². The molecule has 0 aliphatic heterocycles. The van der Waals surface area contributed by atoms with E-state index in [0.717, 1.165) is 0 Å². The fourth-order valence-corrected chi connectivity index (χ4v) is 4.30. The minimum absolute atomic E-state index is 0.236. The Bertz CT molecular complexity index is 436. The molecule has 0 heterocycles. The molecule has 0 saturated heterocycles. The number of hydrogen-bond donors (Lipinski definition) is 0. The van der Waals surface area contributed by atoms with Gasteiger partial charge in [0.25, 0.3) is 0 Å². The third-order valence-electron chi connectivity index (χ3n) is 3.09. The molecule has 0 bridgehead atoms. The predicted octanol–water partition coefficient (Wildman–Crippen LogP) is 3.76. The van der Waals surface area contributed by atoms with Crippen LogP contribution < -0.4 is 0 Å². The van der Waals surface area contributed by atoms with E-state index in [1.165, 1.54) is 0 Å². The van der Waals surface area contributed by atoms with Crippen molar-refractivity contribution in [3.05, 3.63) is 35.9 Å². The zero-order valence-corrected chi connectivity index (χ0v) is 12.6. The van der Waals surface area contributed by atoms with Crippen LogP contribution >= 0.6 is 7.60 Å². The van der Waals surface area contributed by atoms with Gasteiger partial charge >= 0.3 is 7.60 Å². The van der Waals surface area contributed by atoms with Gasteiger partial charge in [0.05, 0.1) is 13.2 Å². The zero-order chi connectivity index (χ0) is 14.4. The molecule has 1 aromatic rings. The zero-order valence-electron chi connectivity index (χ0n) is 11.7. The molecule has 5 heteroatoms. The lowest BCUT2D eigenvalue weighted by molar-refractivity contribution is -0.110. The van der Waals surface area contributed by atoms with E-state index >= 15 is 0 Å². The number of benzene rings is 1. The Morgan fingerprint density at radius 2 is 1.63 bits per heavy atom. The molecule has 1 atom stereocenters. The topological polar surface area (TPSA) is 52.6 Å². The van der Waals surface area contributed by atoms with Gasteiger partial charge in [0.15, 0.2) is 5.16 Å². The highest BCUT2D eigenvalue weighted by Gasteiger charge is 2.51. The number of rotatable bonds is 8. The molecule has 1 rings (SSSR count). The molecule has 0 amide bonds. The summed E-state index contributed by atoms with van der Waals surface area (Å²) in [5.41, 5.74) is 0.665. The van der Waals surface area contributed by atoms with Crippen molar-refractivity contribution in [2.24, 2.45) is 0 Å². The first-order chi connectivity index (χ1) is 9.10. The van der Waals surface area contributed by atoms with Crippen molar-refractivity contribution < 1.29 is 18.4 Å². The first-order valence-corrected chi connectivity index (χ1v) is 8.05. The van der Waals surface area contributed by atoms with Crippen molar-refractivity contribution in [1.29, 1.82) is 0 Å². The summed E-state index contributed by atoms with van der Waals surface area (Å²) in [7, 11) is -3.55. The first-order valence-electron chi connectivity index (χ1n) is 6.51. The third-order valence-corrected chi connectivity index (χ3v) is 5.95. The molecule has 106 valence electrons. The van der Waals surface area contributed by atoms with Crippen LogP contribution in [0.4, 0.5) is 0 Å². The Kier molecular flexibility index (Phi) is 5.92. The van der Waals surface area contributed by atoms with Crippen molar-refractivity contribution in [2.75, 3.05) is 13.2 Å². The molecule has 1 unspecified atom stereocenters. The van der Waals surface area contributed by atoms with E-state index in [1.54, 1.807) is 26.0 Å². The lowest BCUT2D eigenvalue weighted by Crippen LogP contribution is -2.29. The largest absolute Gasteiger partial charge is 0.348 e. The maximum absolute atomic E-state index is 13.0. The summed E-state index contributed by atoms with van der Waals surface area (Å²) < 4.78 is 23.8. The van der Waals surface area contributed by atoms with Gasteiger partial charge in [-0.2, -0.15) is 0 Å². The van der Waals surface area contributed by atoms with E-state index in [9.17, 15) is 9.36 Å². The van der Waals surface area contributed by atoms with Crippen LogP contribution in [0, 0.1) is 0 Å². The molecule has 0 radical (unpaired) electrons. The Labute approximate surface area is 114 Å². The monoisotopic (exact) mass is 284 g/mol. The standard InChI is InChI=1S/C14H21O4P/c1-4-14(12-15,13-10-8-7-9-11-13)19(16,17-5-2)18-6-3/h7-12H,4-6H2,1-3H3. The Morgan fingerprint density at radius 3 is 2.00 bits per heavy atom. The summed E-state index contributed by atoms with van der Waals surface area (Å²) >= 11 is 0. The second-order valence-corrected chi connectivity index (χ2v) is 6.40. The van der Waals surface area contributed by atoms with Gasteiger partial charge in [-0.25, -0.2) is 0 Å². The van der Waals surface area contributed by atoms with E-state index in [0.29, 0.717) is 18.3 Å². The molecular weight excluding hydrogens is 263 g/mol. The number of aldehydes is 1. The van der Waals surface area contributed by atoms with Crippen LogP contribution in [0.15, 0.2) is 30.3 Å². The molecule has 0 saturated carbocycles. The molecule has 0 aromatic heterocycles. The highest BCUT2D eigenvalue weighted by Crippen LogP contribution is 2.65. The van der Waals surface area contributed by atoms with E-state index in [1.807, 2.05) is 25.1 Å². The first kappa shape index (κ1) is 16.1. The maximum atomic E-state index is 13.0. The maximum Gasteiger partial charge on any atom is 0.348 e. The van der Waals surface area contributed by atoms with Gasteiger partial charge < -0.3 is 13.8 Å². The molecule has 0 spiro atoms. The Hall–Kier alpha value is -0.960. The lowest BCUT2D eigenvalue weighted by atomic mass is 9.97. The van der Waals surface area contributed by atoms with Gasteiger partial charge in [-0.05, 0) is 25.8 Å². The van der Waals surface area contributed by atoms with Gasteiger partial charge in [0, 0.05) is 0 Å². The summed E-state index contributed by atoms with van der Waals surface area (Å²) in [4.78, 5) is 11.7. The molecule has 0 N–H and O–H groups in total. The molecule has 4 nitrogen and oxygen atoms in total. The number of carbonyl (C=O) groups is 1. The SMILES string of the molecule is CCOP(=O)(OCC)C(C=O)(CC)c1ccccc1. The normalized spacial score (nSPS) is 14.9. The van der Waals surface area contributed by atoms with Crippen LogP contribution in [0.2, 0.25) is 0 Å². The minimum Gasteiger partial charge on any atom is -0.308 e. The Balaban J connectivity index is 3.39. The average molecular weight is 284 g/mol. The molecule has 0 aliphatic rings. The molecule has 0 aliphatic carbocycles. The van der Waals surface area contributed by atoms with Gasteiger partial charge in [-0.3, -0.25) is 4.57 Å². The third kappa shape index (κ3) is 2.97. The van der Waals surface area contributed by atoms with Crippen LogP contribution in [0.25, 0.3) is 0 Å². The van der Waals surface area contributed by atoms with Crippen LogP contribution in [0.5, 0.6) is 0 Å². The predicted molar refractivity (Wildman–Crippen MR) is 75.3 cm³/mol.